The lowest BCUT2D eigenvalue weighted by molar-refractivity contribution is -0.153. The maximum atomic E-state index is 12.3. The van der Waals surface area contributed by atoms with Crippen LogP contribution < -0.4 is 4.74 Å². The van der Waals surface area contributed by atoms with Crippen molar-refractivity contribution in [2.45, 2.75) is 44.4 Å². The van der Waals surface area contributed by atoms with Gasteiger partial charge in [-0.3, -0.25) is 0 Å². The van der Waals surface area contributed by atoms with E-state index in [1.807, 2.05) is 0 Å². The van der Waals surface area contributed by atoms with E-state index in [4.69, 9.17) is 9.47 Å². The number of benzene rings is 1. The number of carbonyl (C=O) groups excluding carboxylic acids is 1. The standard InChI is InChI=1S/C17H17F3O4/c1-10-4-5-11(23-9-17(18,19)20)8-12(10)13-14(21)16(24-15(13)22)6-2-3-7-16/h4-5,8,21H,2-3,6-7,9H2,1H3. The average molecular weight is 342 g/mol. The minimum atomic E-state index is -4.45. The Morgan fingerprint density at radius 2 is 1.96 bits per heavy atom. The number of rotatable bonds is 3. The molecule has 1 N–H and O–H groups in total. The van der Waals surface area contributed by atoms with Gasteiger partial charge in [-0.15, -0.1) is 0 Å². The van der Waals surface area contributed by atoms with Crippen LogP contribution in [-0.4, -0.2) is 29.5 Å². The van der Waals surface area contributed by atoms with Crippen molar-refractivity contribution < 1.29 is 32.5 Å². The fraction of sp³-hybridized carbons (Fsp3) is 0.471. The second kappa shape index (κ2) is 5.72. The lowest BCUT2D eigenvalue weighted by Crippen LogP contribution is -2.27. The number of halogens is 3. The van der Waals surface area contributed by atoms with Crippen LogP contribution in [0.1, 0.15) is 36.8 Å². The Labute approximate surface area is 136 Å². The summed E-state index contributed by atoms with van der Waals surface area (Å²) in [5.41, 5.74) is 0.0255. The van der Waals surface area contributed by atoms with Crippen molar-refractivity contribution in [3.05, 3.63) is 35.1 Å². The van der Waals surface area contributed by atoms with E-state index in [1.165, 1.54) is 12.1 Å². The molecule has 0 bridgehead atoms. The Bertz CT molecular complexity index is 700. The van der Waals surface area contributed by atoms with Crippen molar-refractivity contribution in [2.75, 3.05) is 6.61 Å². The molecule has 1 heterocycles. The minimum Gasteiger partial charge on any atom is -0.507 e. The van der Waals surface area contributed by atoms with Crippen molar-refractivity contribution >= 4 is 11.5 Å². The molecule has 1 aromatic carbocycles. The van der Waals surface area contributed by atoms with E-state index >= 15 is 0 Å². The smallest absolute Gasteiger partial charge is 0.422 e. The van der Waals surface area contributed by atoms with Gasteiger partial charge < -0.3 is 14.6 Å². The summed E-state index contributed by atoms with van der Waals surface area (Å²) < 4.78 is 47.0. The lowest BCUT2D eigenvalue weighted by atomic mass is 9.93. The molecule has 0 saturated heterocycles. The summed E-state index contributed by atoms with van der Waals surface area (Å²) in [5, 5.41) is 10.6. The van der Waals surface area contributed by atoms with Gasteiger partial charge >= 0.3 is 12.1 Å². The molecule has 4 nitrogen and oxygen atoms in total. The van der Waals surface area contributed by atoms with Crippen LogP contribution in [0.25, 0.3) is 5.57 Å². The second-order valence-corrected chi connectivity index (χ2v) is 6.20. The monoisotopic (exact) mass is 342 g/mol. The molecule has 3 rings (SSSR count). The summed E-state index contributed by atoms with van der Waals surface area (Å²) in [4.78, 5) is 12.3. The Kier molecular flexibility index (Phi) is 3.97. The molecule has 0 unspecified atom stereocenters. The molecule has 0 atom stereocenters. The summed E-state index contributed by atoms with van der Waals surface area (Å²) in [6.45, 7) is 0.283. The van der Waals surface area contributed by atoms with E-state index < -0.39 is 24.4 Å². The summed E-state index contributed by atoms with van der Waals surface area (Å²) in [5.74, 6) is -0.792. The third kappa shape index (κ3) is 2.95. The number of aliphatic hydroxyl groups excluding tert-OH is 1. The van der Waals surface area contributed by atoms with Crippen molar-refractivity contribution in [2.24, 2.45) is 0 Å². The first-order valence-electron chi connectivity index (χ1n) is 7.69. The third-order valence-corrected chi connectivity index (χ3v) is 4.45. The van der Waals surface area contributed by atoms with Crippen LogP contribution in [0, 0.1) is 6.92 Å². The molecule has 1 spiro atoms. The Morgan fingerprint density at radius 1 is 1.29 bits per heavy atom. The molecule has 0 amide bonds. The molecule has 24 heavy (non-hydrogen) atoms. The number of aliphatic hydroxyl groups is 1. The maximum Gasteiger partial charge on any atom is 0.422 e. The Hall–Kier alpha value is -2.18. The van der Waals surface area contributed by atoms with Gasteiger partial charge in [0.15, 0.2) is 18.0 Å². The van der Waals surface area contributed by atoms with Crippen LogP contribution in [0.5, 0.6) is 5.75 Å². The molecular formula is C17H17F3O4. The van der Waals surface area contributed by atoms with Gasteiger partial charge in [-0.1, -0.05) is 6.07 Å². The number of alkyl halides is 3. The van der Waals surface area contributed by atoms with Crippen molar-refractivity contribution in [1.29, 1.82) is 0 Å². The zero-order valence-corrected chi connectivity index (χ0v) is 13.1. The van der Waals surface area contributed by atoms with E-state index in [0.29, 0.717) is 24.0 Å². The number of esters is 1. The van der Waals surface area contributed by atoms with Crippen LogP contribution >= 0.6 is 0 Å². The fourth-order valence-corrected chi connectivity index (χ4v) is 3.25. The molecule has 0 radical (unpaired) electrons. The summed E-state index contributed by atoms with van der Waals surface area (Å²) in [6, 6.07) is 4.28. The molecule has 1 aliphatic heterocycles. The Morgan fingerprint density at radius 3 is 2.58 bits per heavy atom. The van der Waals surface area contributed by atoms with Crippen LogP contribution in [0.3, 0.4) is 0 Å². The van der Waals surface area contributed by atoms with E-state index in [9.17, 15) is 23.1 Å². The zero-order chi connectivity index (χ0) is 17.5. The molecule has 130 valence electrons. The number of hydrogen-bond donors (Lipinski definition) is 1. The molecule has 1 fully saturated rings. The largest absolute Gasteiger partial charge is 0.507 e. The molecule has 7 heteroatoms. The molecular weight excluding hydrogens is 325 g/mol. The van der Waals surface area contributed by atoms with Gasteiger partial charge in [0.2, 0.25) is 0 Å². The molecule has 2 aliphatic rings. The first-order valence-corrected chi connectivity index (χ1v) is 7.69. The quantitative estimate of drug-likeness (QED) is 0.841. The lowest BCUT2D eigenvalue weighted by Gasteiger charge is -2.21. The zero-order valence-electron chi connectivity index (χ0n) is 13.1. The van der Waals surface area contributed by atoms with Crippen LogP contribution in [-0.2, 0) is 9.53 Å². The van der Waals surface area contributed by atoms with Gasteiger partial charge in [-0.05, 0) is 55.9 Å². The number of carbonyl (C=O) groups is 1. The molecule has 1 aliphatic carbocycles. The van der Waals surface area contributed by atoms with Crippen LogP contribution in [0.2, 0.25) is 0 Å². The highest BCUT2D eigenvalue weighted by Crippen LogP contribution is 2.47. The van der Waals surface area contributed by atoms with Gasteiger partial charge in [0, 0.05) is 0 Å². The second-order valence-electron chi connectivity index (χ2n) is 6.20. The van der Waals surface area contributed by atoms with Gasteiger partial charge in [0.1, 0.15) is 11.3 Å². The fourth-order valence-electron chi connectivity index (χ4n) is 3.25. The van der Waals surface area contributed by atoms with E-state index in [-0.39, 0.29) is 17.1 Å². The van der Waals surface area contributed by atoms with E-state index in [0.717, 1.165) is 12.8 Å². The first kappa shape index (κ1) is 16.7. The van der Waals surface area contributed by atoms with Gasteiger partial charge in [0.25, 0.3) is 0 Å². The highest BCUT2D eigenvalue weighted by Gasteiger charge is 2.50. The summed E-state index contributed by atoms with van der Waals surface area (Å²) in [6.07, 6.45) is -1.65. The van der Waals surface area contributed by atoms with Gasteiger partial charge in [-0.25, -0.2) is 4.79 Å². The van der Waals surface area contributed by atoms with Gasteiger partial charge in [0.05, 0.1) is 0 Å². The van der Waals surface area contributed by atoms with E-state index in [2.05, 4.69) is 0 Å². The predicted molar refractivity (Wildman–Crippen MR) is 79.6 cm³/mol. The number of ether oxygens (including phenoxy) is 2. The summed E-state index contributed by atoms with van der Waals surface area (Å²) >= 11 is 0. The maximum absolute atomic E-state index is 12.3. The van der Waals surface area contributed by atoms with Crippen molar-refractivity contribution in [1.82, 2.24) is 0 Å². The highest BCUT2D eigenvalue weighted by molar-refractivity contribution is 6.20. The predicted octanol–water partition coefficient (Wildman–Crippen LogP) is 4.07. The third-order valence-electron chi connectivity index (χ3n) is 4.45. The van der Waals surface area contributed by atoms with Gasteiger partial charge in [-0.2, -0.15) is 13.2 Å². The normalized spacial score (nSPS) is 19.9. The van der Waals surface area contributed by atoms with Crippen molar-refractivity contribution in [3.8, 4) is 5.75 Å². The molecule has 1 aromatic rings. The molecule has 1 saturated carbocycles. The topological polar surface area (TPSA) is 55.8 Å². The van der Waals surface area contributed by atoms with Crippen LogP contribution in [0.15, 0.2) is 24.0 Å². The SMILES string of the molecule is Cc1ccc(OCC(F)(F)F)cc1C1=C(O)C2(CCCC2)OC1=O. The van der Waals surface area contributed by atoms with Crippen molar-refractivity contribution in [3.63, 3.8) is 0 Å². The van der Waals surface area contributed by atoms with Crippen LogP contribution in [0.4, 0.5) is 13.2 Å². The minimum absolute atomic E-state index is 0.0200. The highest BCUT2D eigenvalue weighted by atomic mass is 19.4. The molecule has 0 aromatic heterocycles. The average Bonchev–Trinajstić information content (AvgIpc) is 3.05. The Balaban J connectivity index is 1.96. The summed E-state index contributed by atoms with van der Waals surface area (Å²) in [7, 11) is 0. The first-order chi connectivity index (χ1) is 11.2. The number of aryl methyl sites for hydroxylation is 1. The van der Waals surface area contributed by atoms with E-state index in [1.54, 1.807) is 13.0 Å². The number of hydrogen-bond acceptors (Lipinski definition) is 4.